The molecule has 3 atom stereocenters. The first-order chi connectivity index (χ1) is 7.65. The van der Waals surface area contributed by atoms with Gasteiger partial charge in [0, 0.05) is 7.11 Å². The molecule has 1 aliphatic carbocycles. The first-order valence-electron chi connectivity index (χ1n) is 6.16. The average molecular weight is 228 g/mol. The maximum atomic E-state index is 11.1. The molecule has 4 nitrogen and oxygen atoms in total. The Balaban J connectivity index is 2.32. The van der Waals surface area contributed by atoms with Gasteiger partial charge in [-0.2, -0.15) is 0 Å². The van der Waals surface area contributed by atoms with Crippen LogP contribution in [0.25, 0.3) is 0 Å². The maximum absolute atomic E-state index is 11.1. The van der Waals surface area contributed by atoms with E-state index in [0.717, 1.165) is 12.5 Å². The van der Waals surface area contributed by atoms with Gasteiger partial charge in [0.15, 0.2) is 0 Å². The van der Waals surface area contributed by atoms with Crippen LogP contribution in [0.2, 0.25) is 0 Å². The van der Waals surface area contributed by atoms with Gasteiger partial charge >= 0.3 is 0 Å². The van der Waals surface area contributed by atoms with E-state index >= 15 is 0 Å². The zero-order valence-electron chi connectivity index (χ0n) is 10.4. The smallest absolute Gasteiger partial charge is 0.236 e. The second kappa shape index (κ2) is 6.86. The number of ether oxygens (including phenoxy) is 1. The molecule has 94 valence electrons. The summed E-state index contributed by atoms with van der Waals surface area (Å²) in [6.07, 6.45) is 5.21. The highest BCUT2D eigenvalue weighted by atomic mass is 16.5. The molecule has 4 heteroatoms. The summed E-state index contributed by atoms with van der Waals surface area (Å²) in [5.74, 6) is 1.09. The molecule has 0 radical (unpaired) electrons. The number of primary amides is 1. The maximum Gasteiger partial charge on any atom is 0.236 e. The lowest BCUT2D eigenvalue weighted by atomic mass is 9.80. The van der Waals surface area contributed by atoms with E-state index in [4.69, 9.17) is 10.5 Å². The SMILES string of the molecule is COCC(NCC1CCCCC1C)C(N)=O. The highest BCUT2D eigenvalue weighted by Crippen LogP contribution is 2.28. The molecule has 16 heavy (non-hydrogen) atoms. The van der Waals surface area contributed by atoms with Crippen molar-refractivity contribution in [1.29, 1.82) is 0 Å². The van der Waals surface area contributed by atoms with Gasteiger partial charge in [-0.1, -0.05) is 26.2 Å². The van der Waals surface area contributed by atoms with Crippen molar-refractivity contribution in [3.8, 4) is 0 Å². The number of nitrogens with one attached hydrogen (secondary N) is 1. The molecule has 1 saturated carbocycles. The molecule has 1 rings (SSSR count). The van der Waals surface area contributed by atoms with Crippen LogP contribution in [0.4, 0.5) is 0 Å². The fourth-order valence-electron chi connectivity index (χ4n) is 2.40. The third-order valence-corrected chi connectivity index (χ3v) is 3.59. The van der Waals surface area contributed by atoms with Crippen LogP contribution in [0, 0.1) is 11.8 Å². The van der Waals surface area contributed by atoms with Crippen molar-refractivity contribution in [3.05, 3.63) is 0 Å². The normalized spacial score (nSPS) is 27.6. The second-order valence-corrected chi connectivity index (χ2v) is 4.84. The molecule has 1 aliphatic rings. The molecule has 0 aromatic rings. The van der Waals surface area contributed by atoms with Crippen LogP contribution in [0.3, 0.4) is 0 Å². The van der Waals surface area contributed by atoms with Crippen molar-refractivity contribution < 1.29 is 9.53 Å². The number of nitrogens with two attached hydrogens (primary N) is 1. The quantitative estimate of drug-likeness (QED) is 0.710. The topological polar surface area (TPSA) is 64.3 Å². The van der Waals surface area contributed by atoms with Gasteiger partial charge in [-0.15, -0.1) is 0 Å². The van der Waals surface area contributed by atoms with Gasteiger partial charge in [0.2, 0.25) is 5.91 Å². The zero-order chi connectivity index (χ0) is 12.0. The molecule has 0 spiro atoms. The molecule has 3 N–H and O–H groups in total. The van der Waals surface area contributed by atoms with Gasteiger partial charge in [-0.05, 0) is 24.8 Å². The van der Waals surface area contributed by atoms with Crippen LogP contribution in [-0.2, 0) is 9.53 Å². The molecule has 0 bridgehead atoms. The van der Waals surface area contributed by atoms with Gasteiger partial charge in [-0.3, -0.25) is 4.79 Å². The van der Waals surface area contributed by atoms with E-state index < -0.39 is 0 Å². The summed E-state index contributed by atoms with van der Waals surface area (Å²) < 4.78 is 4.97. The molecule has 0 aliphatic heterocycles. The standard InChI is InChI=1S/C12H24N2O2/c1-9-5-3-4-6-10(9)7-14-11(8-16-2)12(13)15/h9-11,14H,3-8H2,1-2H3,(H2,13,15). The summed E-state index contributed by atoms with van der Waals surface area (Å²) in [4.78, 5) is 11.1. The van der Waals surface area contributed by atoms with Crippen molar-refractivity contribution in [2.75, 3.05) is 20.3 Å². The van der Waals surface area contributed by atoms with Gasteiger partial charge in [0.05, 0.1) is 6.61 Å². The Kier molecular flexibility index (Phi) is 5.77. The van der Waals surface area contributed by atoms with Crippen LogP contribution in [0.5, 0.6) is 0 Å². The van der Waals surface area contributed by atoms with Crippen LogP contribution in [-0.4, -0.2) is 32.2 Å². The van der Waals surface area contributed by atoms with Crippen LogP contribution < -0.4 is 11.1 Å². The predicted molar refractivity (Wildman–Crippen MR) is 64.0 cm³/mol. The summed E-state index contributed by atoms with van der Waals surface area (Å²) >= 11 is 0. The largest absolute Gasteiger partial charge is 0.383 e. The van der Waals surface area contributed by atoms with E-state index in [1.807, 2.05) is 0 Å². The van der Waals surface area contributed by atoms with Crippen molar-refractivity contribution in [2.24, 2.45) is 17.6 Å². The third kappa shape index (κ3) is 4.10. The number of hydrogen-bond acceptors (Lipinski definition) is 3. The third-order valence-electron chi connectivity index (χ3n) is 3.59. The number of amides is 1. The molecule has 0 saturated heterocycles. The molecule has 0 aromatic carbocycles. The van der Waals surface area contributed by atoms with Gasteiger partial charge < -0.3 is 15.8 Å². The lowest BCUT2D eigenvalue weighted by Crippen LogP contribution is -2.47. The Hall–Kier alpha value is -0.610. The van der Waals surface area contributed by atoms with Gasteiger partial charge in [-0.25, -0.2) is 0 Å². The monoisotopic (exact) mass is 228 g/mol. The van der Waals surface area contributed by atoms with Crippen LogP contribution in [0.1, 0.15) is 32.6 Å². The fraction of sp³-hybridized carbons (Fsp3) is 0.917. The van der Waals surface area contributed by atoms with Crippen molar-refractivity contribution in [1.82, 2.24) is 5.32 Å². The summed E-state index contributed by atoms with van der Waals surface area (Å²) in [5.41, 5.74) is 5.29. The van der Waals surface area contributed by atoms with Gasteiger partial charge in [0.25, 0.3) is 0 Å². The Bertz CT molecular complexity index is 221. The zero-order valence-corrected chi connectivity index (χ0v) is 10.4. The minimum Gasteiger partial charge on any atom is -0.383 e. The Labute approximate surface area is 97.9 Å². The van der Waals surface area contributed by atoms with Crippen LogP contribution in [0.15, 0.2) is 0 Å². The highest BCUT2D eigenvalue weighted by Gasteiger charge is 2.23. The average Bonchev–Trinajstić information content (AvgIpc) is 2.26. The number of carbonyl (C=O) groups is 1. The first-order valence-corrected chi connectivity index (χ1v) is 6.16. The van der Waals surface area contributed by atoms with E-state index in [9.17, 15) is 4.79 Å². The first kappa shape index (κ1) is 13.5. The number of methoxy groups -OCH3 is 1. The second-order valence-electron chi connectivity index (χ2n) is 4.84. The van der Waals surface area contributed by atoms with Gasteiger partial charge in [0.1, 0.15) is 6.04 Å². The summed E-state index contributed by atoms with van der Waals surface area (Å²) in [5, 5.41) is 3.22. The summed E-state index contributed by atoms with van der Waals surface area (Å²) in [6, 6.07) is -0.348. The van der Waals surface area contributed by atoms with Crippen LogP contribution >= 0.6 is 0 Å². The fourth-order valence-corrected chi connectivity index (χ4v) is 2.40. The lowest BCUT2D eigenvalue weighted by Gasteiger charge is -2.30. The molecular weight excluding hydrogens is 204 g/mol. The highest BCUT2D eigenvalue weighted by molar-refractivity contribution is 5.79. The molecular formula is C12H24N2O2. The Morgan fingerprint density at radius 1 is 1.50 bits per heavy atom. The molecule has 0 aromatic heterocycles. The minimum absolute atomic E-state index is 0.328. The number of carbonyl (C=O) groups excluding carboxylic acids is 1. The summed E-state index contributed by atoms with van der Waals surface area (Å²) in [6.45, 7) is 3.52. The Morgan fingerprint density at radius 3 is 2.75 bits per heavy atom. The predicted octanol–water partition coefficient (Wildman–Crippen LogP) is 0.903. The number of rotatable bonds is 6. The van der Waals surface area contributed by atoms with Crippen molar-refractivity contribution in [2.45, 2.75) is 38.6 Å². The minimum atomic E-state index is -0.348. The van der Waals surface area contributed by atoms with Crippen molar-refractivity contribution in [3.63, 3.8) is 0 Å². The van der Waals surface area contributed by atoms with E-state index in [2.05, 4.69) is 12.2 Å². The molecule has 1 amide bonds. The van der Waals surface area contributed by atoms with E-state index in [-0.39, 0.29) is 11.9 Å². The lowest BCUT2D eigenvalue weighted by molar-refractivity contribution is -0.121. The van der Waals surface area contributed by atoms with E-state index in [0.29, 0.717) is 12.5 Å². The van der Waals surface area contributed by atoms with E-state index in [1.165, 1.54) is 25.7 Å². The molecule has 3 unspecified atom stereocenters. The van der Waals surface area contributed by atoms with Crippen molar-refractivity contribution >= 4 is 5.91 Å². The molecule has 0 heterocycles. The van der Waals surface area contributed by atoms with E-state index in [1.54, 1.807) is 7.11 Å². The number of hydrogen-bond donors (Lipinski definition) is 2. The molecule has 1 fully saturated rings. The summed E-state index contributed by atoms with van der Waals surface area (Å²) in [7, 11) is 1.58. The Morgan fingerprint density at radius 2 is 2.19 bits per heavy atom.